The Balaban J connectivity index is 1.58. The molecule has 0 aliphatic carbocycles. The van der Waals surface area contributed by atoms with Gasteiger partial charge in [0.25, 0.3) is 5.56 Å². The molecule has 0 atom stereocenters. The third-order valence-corrected chi connectivity index (χ3v) is 3.85. The van der Waals surface area contributed by atoms with Gasteiger partial charge >= 0.3 is 0 Å². The van der Waals surface area contributed by atoms with Gasteiger partial charge in [-0.3, -0.25) is 9.59 Å². The standard InChI is InChI=1S/C18H19N5O2/c1-14-5-2-3-6-15(14)13-17(24)19-10-12-23-18(25)8-7-16(21-23)22-11-4-9-20-22/h2-9,11H,10,12-13H2,1H3,(H,19,24). The topological polar surface area (TPSA) is 81.8 Å². The number of benzene rings is 1. The van der Waals surface area contributed by atoms with Crippen molar-refractivity contribution in [2.45, 2.75) is 19.9 Å². The summed E-state index contributed by atoms with van der Waals surface area (Å²) in [6.07, 6.45) is 3.71. The average molecular weight is 337 g/mol. The first-order chi connectivity index (χ1) is 12.1. The summed E-state index contributed by atoms with van der Waals surface area (Å²) in [5.74, 6) is 0.474. The molecule has 3 aromatic rings. The molecule has 0 saturated carbocycles. The molecule has 0 fully saturated rings. The molecule has 0 radical (unpaired) electrons. The van der Waals surface area contributed by atoms with Gasteiger partial charge in [-0.2, -0.15) is 5.10 Å². The van der Waals surface area contributed by atoms with Crippen LogP contribution < -0.4 is 10.9 Å². The number of aryl methyl sites for hydroxylation is 1. The maximum atomic E-state index is 12.1. The molecule has 3 rings (SSSR count). The summed E-state index contributed by atoms with van der Waals surface area (Å²) in [6.45, 7) is 2.61. The van der Waals surface area contributed by atoms with Crippen LogP contribution in [0.25, 0.3) is 5.82 Å². The van der Waals surface area contributed by atoms with Crippen LogP contribution in [-0.4, -0.2) is 32.0 Å². The third-order valence-electron chi connectivity index (χ3n) is 3.85. The molecule has 128 valence electrons. The second-order valence-corrected chi connectivity index (χ2v) is 5.66. The van der Waals surface area contributed by atoms with Crippen molar-refractivity contribution >= 4 is 5.91 Å². The number of hydrogen-bond acceptors (Lipinski definition) is 4. The second kappa shape index (κ2) is 7.57. The van der Waals surface area contributed by atoms with E-state index < -0.39 is 0 Å². The van der Waals surface area contributed by atoms with Crippen molar-refractivity contribution in [3.63, 3.8) is 0 Å². The molecule has 0 spiro atoms. The number of hydrogen-bond donors (Lipinski definition) is 1. The smallest absolute Gasteiger partial charge is 0.266 e. The first-order valence-corrected chi connectivity index (χ1v) is 8.03. The number of nitrogens with one attached hydrogen (secondary N) is 1. The van der Waals surface area contributed by atoms with E-state index in [0.29, 0.717) is 25.3 Å². The highest BCUT2D eigenvalue weighted by atomic mass is 16.1. The first kappa shape index (κ1) is 16.6. The van der Waals surface area contributed by atoms with Crippen LogP contribution in [0.1, 0.15) is 11.1 Å². The van der Waals surface area contributed by atoms with Crippen molar-refractivity contribution in [1.82, 2.24) is 24.9 Å². The maximum absolute atomic E-state index is 12.1. The van der Waals surface area contributed by atoms with Crippen molar-refractivity contribution in [2.24, 2.45) is 0 Å². The number of carbonyl (C=O) groups excluding carboxylic acids is 1. The van der Waals surface area contributed by atoms with E-state index in [1.165, 1.54) is 10.7 Å². The van der Waals surface area contributed by atoms with Crippen LogP contribution in [0.15, 0.2) is 59.7 Å². The lowest BCUT2D eigenvalue weighted by atomic mass is 10.1. The van der Waals surface area contributed by atoms with Gasteiger partial charge in [-0.1, -0.05) is 24.3 Å². The fourth-order valence-electron chi connectivity index (χ4n) is 2.47. The first-order valence-electron chi connectivity index (χ1n) is 8.03. The predicted octanol–water partition coefficient (Wildman–Crippen LogP) is 1.10. The molecule has 7 nitrogen and oxygen atoms in total. The van der Waals surface area contributed by atoms with Crippen molar-refractivity contribution in [3.8, 4) is 5.82 Å². The normalized spacial score (nSPS) is 10.6. The van der Waals surface area contributed by atoms with Gasteiger partial charge in [0.05, 0.1) is 13.0 Å². The maximum Gasteiger partial charge on any atom is 0.266 e. The van der Waals surface area contributed by atoms with Gasteiger partial charge in [0.2, 0.25) is 5.91 Å². The molecule has 0 aliphatic rings. The second-order valence-electron chi connectivity index (χ2n) is 5.66. The molecule has 1 aromatic carbocycles. The Hall–Kier alpha value is -3.22. The Labute approximate surface area is 144 Å². The van der Waals surface area contributed by atoms with E-state index in [-0.39, 0.29) is 11.5 Å². The lowest BCUT2D eigenvalue weighted by molar-refractivity contribution is -0.120. The summed E-state index contributed by atoms with van der Waals surface area (Å²) < 4.78 is 2.90. The summed E-state index contributed by atoms with van der Waals surface area (Å²) in [4.78, 5) is 24.0. The van der Waals surface area contributed by atoms with Crippen LogP contribution in [-0.2, 0) is 17.8 Å². The van der Waals surface area contributed by atoms with Crippen LogP contribution in [0.5, 0.6) is 0 Å². The Morgan fingerprint density at radius 2 is 2.00 bits per heavy atom. The van der Waals surface area contributed by atoms with Gasteiger partial charge in [-0.05, 0) is 30.2 Å². The van der Waals surface area contributed by atoms with E-state index in [0.717, 1.165) is 11.1 Å². The minimum absolute atomic E-state index is 0.0782. The van der Waals surface area contributed by atoms with Crippen molar-refractivity contribution in [2.75, 3.05) is 6.54 Å². The van der Waals surface area contributed by atoms with Crippen molar-refractivity contribution in [3.05, 3.63) is 76.3 Å². The van der Waals surface area contributed by atoms with E-state index in [2.05, 4.69) is 15.5 Å². The quantitative estimate of drug-likeness (QED) is 0.730. The van der Waals surface area contributed by atoms with E-state index in [4.69, 9.17) is 0 Å². The summed E-state index contributed by atoms with van der Waals surface area (Å²) in [6, 6.07) is 12.6. The molecule has 0 bridgehead atoms. The minimum atomic E-state index is -0.218. The Morgan fingerprint density at radius 1 is 1.16 bits per heavy atom. The van der Waals surface area contributed by atoms with Gasteiger partial charge in [0.15, 0.2) is 5.82 Å². The molecule has 2 heterocycles. The van der Waals surface area contributed by atoms with Crippen LogP contribution in [0.2, 0.25) is 0 Å². The predicted molar refractivity (Wildman–Crippen MR) is 93.5 cm³/mol. The molecule has 0 aliphatic heterocycles. The van der Waals surface area contributed by atoms with Gasteiger partial charge in [-0.25, -0.2) is 9.36 Å². The fraction of sp³-hybridized carbons (Fsp3) is 0.222. The molecule has 25 heavy (non-hydrogen) atoms. The van der Waals surface area contributed by atoms with Gasteiger partial charge in [0.1, 0.15) is 0 Å². The number of rotatable bonds is 6. The highest BCUT2D eigenvalue weighted by Crippen LogP contribution is 2.07. The van der Waals surface area contributed by atoms with Crippen LogP contribution in [0.3, 0.4) is 0 Å². The minimum Gasteiger partial charge on any atom is -0.354 e. The Kier molecular flexibility index (Phi) is 5.03. The van der Waals surface area contributed by atoms with Crippen molar-refractivity contribution in [1.29, 1.82) is 0 Å². The van der Waals surface area contributed by atoms with Gasteiger partial charge in [0, 0.05) is 25.0 Å². The number of amides is 1. The van der Waals surface area contributed by atoms with E-state index >= 15 is 0 Å². The molecule has 7 heteroatoms. The summed E-state index contributed by atoms with van der Waals surface area (Å²) in [5.41, 5.74) is 1.86. The molecular formula is C18H19N5O2. The van der Waals surface area contributed by atoms with Crippen molar-refractivity contribution < 1.29 is 4.79 Å². The Morgan fingerprint density at radius 3 is 2.76 bits per heavy atom. The Bertz CT molecular complexity index is 915. The van der Waals surface area contributed by atoms with Gasteiger partial charge in [-0.15, -0.1) is 5.10 Å². The number of aromatic nitrogens is 4. The summed E-state index contributed by atoms with van der Waals surface area (Å²) in [7, 11) is 0. The molecule has 2 aromatic heterocycles. The molecule has 1 N–H and O–H groups in total. The molecule has 1 amide bonds. The van der Waals surface area contributed by atoms with Crippen LogP contribution >= 0.6 is 0 Å². The zero-order chi connectivity index (χ0) is 17.6. The number of nitrogens with zero attached hydrogens (tertiary/aromatic N) is 4. The summed E-state index contributed by atoms with van der Waals surface area (Å²) in [5, 5.41) is 11.2. The highest BCUT2D eigenvalue weighted by molar-refractivity contribution is 5.78. The van der Waals surface area contributed by atoms with E-state index in [1.807, 2.05) is 31.2 Å². The zero-order valence-corrected chi connectivity index (χ0v) is 13.9. The number of carbonyl (C=O) groups is 1. The monoisotopic (exact) mass is 337 g/mol. The highest BCUT2D eigenvalue weighted by Gasteiger charge is 2.06. The zero-order valence-electron chi connectivity index (χ0n) is 13.9. The van der Waals surface area contributed by atoms with Crippen LogP contribution in [0, 0.1) is 6.92 Å². The summed E-state index contributed by atoms with van der Waals surface area (Å²) >= 11 is 0. The lowest BCUT2D eigenvalue weighted by Gasteiger charge is -2.09. The lowest BCUT2D eigenvalue weighted by Crippen LogP contribution is -2.33. The van der Waals surface area contributed by atoms with Crippen LogP contribution in [0.4, 0.5) is 0 Å². The van der Waals surface area contributed by atoms with E-state index in [1.54, 1.807) is 29.2 Å². The molecular weight excluding hydrogens is 318 g/mol. The average Bonchev–Trinajstić information content (AvgIpc) is 3.13. The molecule has 0 unspecified atom stereocenters. The SMILES string of the molecule is Cc1ccccc1CC(=O)NCCn1nc(-n2cccn2)ccc1=O. The third kappa shape index (κ3) is 4.20. The van der Waals surface area contributed by atoms with E-state index in [9.17, 15) is 9.59 Å². The molecule has 0 saturated heterocycles. The fourth-order valence-corrected chi connectivity index (χ4v) is 2.47. The van der Waals surface area contributed by atoms with Gasteiger partial charge < -0.3 is 5.32 Å². The largest absolute Gasteiger partial charge is 0.354 e.